The number of nitrogens with zero attached hydrogens (tertiary/aromatic N) is 10. The number of hydrogen-bond acceptors (Lipinski definition) is 28. The van der Waals surface area contributed by atoms with Gasteiger partial charge in [0.05, 0.1) is 90.5 Å². The fourth-order valence-electron chi connectivity index (χ4n) is 11.7. The molecule has 0 unspecified atom stereocenters. The van der Waals surface area contributed by atoms with Crippen LogP contribution < -0.4 is 68.9 Å². The normalized spacial score (nSPS) is 13.2. The molecule has 43 heteroatoms. The molecule has 0 saturated carbocycles. The van der Waals surface area contributed by atoms with Crippen LogP contribution in [0, 0.1) is 20.2 Å². The summed E-state index contributed by atoms with van der Waals surface area (Å²) in [6, 6.07) is 38.8. The number of halogens is 2. The Kier molecular flexibility index (Phi) is 29.9. The number of methoxy groups -OCH3 is 2. The number of rotatable bonds is 18. The van der Waals surface area contributed by atoms with Crippen molar-refractivity contribution in [3.05, 3.63) is 231 Å². The van der Waals surface area contributed by atoms with Gasteiger partial charge in [-0.3, -0.25) is 47.0 Å². The van der Waals surface area contributed by atoms with Gasteiger partial charge in [0.25, 0.3) is 23.1 Å². The van der Waals surface area contributed by atoms with Crippen molar-refractivity contribution in [3.8, 4) is 34.8 Å². The molecular weight excluding hydrogens is 1650 g/mol. The number of nitro benzene ring substituents is 2. The summed E-state index contributed by atoms with van der Waals surface area (Å²) >= 11 is 5.73. The van der Waals surface area contributed by atoms with Gasteiger partial charge in [-0.2, -0.15) is 9.97 Å². The summed E-state index contributed by atoms with van der Waals surface area (Å²) in [5.74, 6) is 1.55. The number of carbonyl (C=O) groups is 2. The van der Waals surface area contributed by atoms with Gasteiger partial charge in [0.15, 0.2) is 11.5 Å². The van der Waals surface area contributed by atoms with E-state index in [1.807, 2.05) is 18.2 Å². The van der Waals surface area contributed by atoms with Crippen molar-refractivity contribution in [2.45, 2.75) is 32.1 Å². The number of ether oxygens (including phenoxy) is 4. The number of benzene rings is 7. The summed E-state index contributed by atoms with van der Waals surface area (Å²) in [6.45, 7) is 9.53. The van der Waals surface area contributed by atoms with Gasteiger partial charge < -0.3 is 51.7 Å². The Morgan fingerprint density at radius 3 is 1.30 bits per heavy atom. The Morgan fingerprint density at radius 1 is 0.509 bits per heavy atom. The number of aromatic nitrogens is 4. The van der Waals surface area contributed by atoms with Crippen molar-refractivity contribution in [3.63, 3.8) is 0 Å². The molecule has 36 nitrogen and oxygen atoms in total. The van der Waals surface area contributed by atoms with Gasteiger partial charge in [-0.15, -0.1) is 0 Å². The number of hydrogen-bond donors (Lipinski definition) is 6. The van der Waals surface area contributed by atoms with E-state index in [4.69, 9.17) is 42.0 Å². The SMILES string of the molecule is C=CC(=O)Nc1cccc(Oc2nc(Cl)ncc2OC)c1.C=CC(=O)Nc1cccc(Oc2nc(Nc3ccc4c(c3)CCN4S(C)(=O)=O)ncc2OC)c1.CS(=O)(=O)Cl.CS(=O)(=O)N1CCc2cc(N)ccc21.CS(=O)(=O)N1CCc2cc(N)ccc21.CS(=O)(=O)N1CCc2cc([N+](=O)[O-])ccc21.O=[N+]([O-])c1ccc2c(c1)CCN2. The van der Waals surface area contributed by atoms with Gasteiger partial charge in [0.1, 0.15) is 11.5 Å². The summed E-state index contributed by atoms with van der Waals surface area (Å²) in [4.78, 5) is 59.3. The van der Waals surface area contributed by atoms with Crippen molar-refractivity contribution >= 4 is 157 Å². The van der Waals surface area contributed by atoms with E-state index in [0.717, 1.165) is 77.6 Å². The van der Waals surface area contributed by atoms with E-state index in [1.165, 1.54) is 99.0 Å². The average molecular weight is 1730 g/mol. The smallest absolute Gasteiger partial charge is 0.269 e. The molecule has 0 spiro atoms. The summed E-state index contributed by atoms with van der Waals surface area (Å²) in [7, 11) is -8.61. The molecule has 616 valence electrons. The summed E-state index contributed by atoms with van der Waals surface area (Å²) in [6.07, 6.45) is 14.5. The van der Waals surface area contributed by atoms with E-state index < -0.39 is 54.1 Å². The van der Waals surface area contributed by atoms with Crippen LogP contribution in [-0.4, -0.2) is 162 Å². The van der Waals surface area contributed by atoms with E-state index in [9.17, 15) is 71.9 Å². The fraction of sp³-hybridized carbons (Fsp3) is 0.233. The lowest BCUT2D eigenvalue weighted by molar-refractivity contribution is -0.385. The molecule has 2 aromatic heterocycles. The first-order valence-corrected chi connectivity index (χ1v) is 44.7. The Morgan fingerprint density at radius 2 is 0.888 bits per heavy atom. The molecule has 116 heavy (non-hydrogen) atoms. The monoisotopic (exact) mass is 1730 g/mol. The molecule has 14 rings (SSSR count). The highest BCUT2D eigenvalue weighted by Gasteiger charge is 2.31. The standard InChI is InChI=1S/C23H23N5O5S.C14H12ClN3O3.C9H10N2O4S.2C9H12N2O2S.C8H8N2O2.CH3ClO2S/c1-4-21(29)25-16-6-5-7-18(13-16)33-22-20(32-2)14-24-23(27-22)26-17-8-9-19-15(12-17)10-11-28(19)34(3,30)31;1-3-12(19)17-9-5-4-6-10(7-9)21-13-11(20-2)8-16-14(15)18-13;1-16(14,15)10-5-4-7-6-8(11(12)13)2-3-9(7)10;2*1-14(12,13)11-5-4-7-6-8(10)2-3-9(7)11;11-10(12)7-1-2-8-6(5-7)3-4-9-8;1-5(2,3)4/h4-9,12-14H,1,10-11H2,2-3H3,(H,25,29)(H,24,26,27);3-8H,1H2,2H3,(H,17,19);2-3,6H,4-5H2,1H3;2*2-3,6H,4-5,10H2,1H3;1-2,5,9H,3-4H2;1H3. The van der Waals surface area contributed by atoms with Gasteiger partial charge in [0.2, 0.25) is 72.2 Å². The first-order chi connectivity index (χ1) is 54.5. The van der Waals surface area contributed by atoms with Crippen LogP contribution >= 0.6 is 22.3 Å². The van der Waals surface area contributed by atoms with Crippen LogP contribution in [0.4, 0.5) is 74.2 Å². The number of amides is 2. The third kappa shape index (κ3) is 25.7. The van der Waals surface area contributed by atoms with Gasteiger partial charge in [-0.1, -0.05) is 25.3 Å². The average Bonchev–Trinajstić information content (AvgIpc) is 1.68. The molecule has 0 aliphatic carbocycles. The highest BCUT2D eigenvalue weighted by atomic mass is 35.7. The lowest BCUT2D eigenvalue weighted by atomic mass is 10.1. The molecule has 0 fully saturated rings. The second-order valence-electron chi connectivity index (χ2n) is 25.3. The number of nitrogens with one attached hydrogen (secondary N) is 4. The molecule has 0 radical (unpaired) electrons. The highest BCUT2D eigenvalue weighted by molar-refractivity contribution is 8.13. The summed E-state index contributed by atoms with van der Waals surface area (Å²) in [5.41, 5.74) is 23.1. The zero-order chi connectivity index (χ0) is 85.2. The number of sulfonamides is 4. The number of carbonyl (C=O) groups excluding carboxylic acids is 2. The molecule has 5 aliphatic heterocycles. The molecule has 5 aliphatic rings. The first-order valence-electron chi connectivity index (χ1n) is 34.2. The predicted molar refractivity (Wildman–Crippen MR) is 447 cm³/mol. The Bertz CT molecular complexity index is 5730. The Balaban J connectivity index is 0.000000179. The zero-order valence-corrected chi connectivity index (χ0v) is 68.8. The van der Waals surface area contributed by atoms with Gasteiger partial charge in [0, 0.05) is 114 Å². The fourth-order valence-corrected chi connectivity index (χ4v) is 15.6. The molecule has 0 atom stereocenters. The van der Waals surface area contributed by atoms with Crippen molar-refractivity contribution in [1.82, 2.24) is 19.9 Å². The van der Waals surface area contributed by atoms with Crippen LogP contribution in [0.15, 0.2) is 177 Å². The third-order valence-electron chi connectivity index (χ3n) is 16.7. The summed E-state index contributed by atoms with van der Waals surface area (Å²) in [5, 5.41) is 32.5. The van der Waals surface area contributed by atoms with Crippen LogP contribution in [0.1, 0.15) is 27.8 Å². The Hall–Kier alpha value is -12.2. The van der Waals surface area contributed by atoms with Crippen LogP contribution in [-0.2, 0) is 90.8 Å². The molecular formula is C73H80Cl2N16O20S5. The van der Waals surface area contributed by atoms with Crippen LogP contribution in [0.3, 0.4) is 0 Å². The third-order valence-corrected chi connectivity index (χ3v) is 21.6. The lowest BCUT2D eigenvalue weighted by Crippen LogP contribution is -2.27. The van der Waals surface area contributed by atoms with E-state index in [-0.39, 0.29) is 51.1 Å². The topological polar surface area (TPSA) is 493 Å². The number of non-ortho nitro benzene ring substituents is 2. The van der Waals surface area contributed by atoms with E-state index >= 15 is 0 Å². The number of anilines is 11. The highest BCUT2D eigenvalue weighted by Crippen LogP contribution is 2.38. The van der Waals surface area contributed by atoms with Crippen molar-refractivity contribution < 1.29 is 80.5 Å². The molecule has 2 amide bonds. The quantitative estimate of drug-likeness (QED) is 0.0116. The summed E-state index contributed by atoms with van der Waals surface area (Å²) < 4.78 is 138. The van der Waals surface area contributed by atoms with Crippen LogP contribution in [0.2, 0.25) is 5.28 Å². The van der Waals surface area contributed by atoms with Gasteiger partial charge in [-0.05, 0) is 175 Å². The second kappa shape index (κ2) is 38.8. The van der Waals surface area contributed by atoms with Crippen molar-refractivity contribution in [2.24, 2.45) is 0 Å². The van der Waals surface area contributed by atoms with Crippen molar-refractivity contribution in [2.75, 3.05) is 128 Å². The maximum Gasteiger partial charge on any atom is 0.269 e. The molecule has 0 saturated heterocycles. The number of nitro groups is 2. The number of nitrogens with two attached hydrogens (primary N) is 2. The first kappa shape index (κ1) is 89.4. The van der Waals surface area contributed by atoms with Crippen molar-refractivity contribution in [1.29, 1.82) is 0 Å². The predicted octanol–water partition coefficient (Wildman–Crippen LogP) is 10.4. The molecule has 9 aromatic rings. The number of fused-ring (bicyclic) bond motifs is 5. The molecule has 7 heterocycles. The van der Waals surface area contributed by atoms with Gasteiger partial charge in [-0.25, -0.2) is 52.1 Å². The largest absolute Gasteiger partial charge is 0.490 e. The maximum absolute atomic E-state index is 11.9. The molecule has 7 aromatic carbocycles. The number of nitrogen functional groups attached to an aromatic ring is 2. The zero-order valence-electron chi connectivity index (χ0n) is 63.2. The van der Waals surface area contributed by atoms with Crippen LogP contribution in [0.5, 0.6) is 34.8 Å². The van der Waals surface area contributed by atoms with E-state index in [1.54, 1.807) is 97.1 Å². The minimum Gasteiger partial charge on any atom is -0.490 e. The lowest BCUT2D eigenvalue weighted by Gasteiger charge is -2.16. The maximum atomic E-state index is 11.9. The molecule has 0 bridgehead atoms. The Labute approximate surface area is 679 Å². The molecule has 8 N–H and O–H groups in total. The van der Waals surface area contributed by atoms with Crippen LogP contribution in [0.25, 0.3) is 0 Å². The van der Waals surface area contributed by atoms with E-state index in [0.29, 0.717) is 107 Å². The van der Waals surface area contributed by atoms with E-state index in [2.05, 4.69) is 65.0 Å². The van der Waals surface area contributed by atoms with Gasteiger partial charge >= 0.3 is 0 Å². The second-order valence-corrected chi connectivity index (χ2v) is 36.3. The minimum absolute atomic E-state index is 0.00546. The minimum atomic E-state index is -3.31.